The molecule has 1 N–H and O–H groups in total. The topological polar surface area (TPSA) is 33.6 Å². The summed E-state index contributed by atoms with van der Waals surface area (Å²) in [4.78, 5) is 4.74. The molecule has 108 valence electrons. The largest absolute Gasteiger partial charge is 0.491 e. The Hall–Kier alpha value is -1.23. The van der Waals surface area contributed by atoms with Crippen LogP contribution in [0.4, 0.5) is 10.1 Å². The minimum atomic E-state index is -0.336. The van der Waals surface area contributed by atoms with E-state index in [1.807, 2.05) is 13.0 Å². The average Bonchev–Trinajstić information content (AvgIpc) is 2.89. The normalized spacial score (nSPS) is 25.0. The summed E-state index contributed by atoms with van der Waals surface area (Å²) in [7, 11) is 0. The van der Waals surface area contributed by atoms with E-state index in [0.29, 0.717) is 18.4 Å². The van der Waals surface area contributed by atoms with Gasteiger partial charge in [-0.15, -0.1) is 0 Å². The highest BCUT2D eigenvalue weighted by Crippen LogP contribution is 2.35. The Morgan fingerprint density at radius 3 is 3.15 bits per heavy atom. The van der Waals surface area contributed by atoms with E-state index in [1.54, 1.807) is 17.8 Å². The molecule has 1 aromatic carbocycles. The van der Waals surface area contributed by atoms with Gasteiger partial charge in [0.2, 0.25) is 0 Å². The molecule has 3 nitrogen and oxygen atoms in total. The molecule has 2 atom stereocenters. The summed E-state index contributed by atoms with van der Waals surface area (Å²) >= 11 is 1.74. The highest BCUT2D eigenvalue weighted by molar-refractivity contribution is 8.14. The van der Waals surface area contributed by atoms with Gasteiger partial charge in [-0.1, -0.05) is 18.2 Å². The van der Waals surface area contributed by atoms with Crippen molar-refractivity contribution in [2.24, 2.45) is 10.9 Å². The second-order valence-electron chi connectivity index (χ2n) is 5.21. The number of benzene rings is 1. The maximum absolute atomic E-state index is 13.8. The number of nitrogens with zero attached hydrogens (tertiary/aromatic N) is 1. The molecule has 1 heterocycles. The fraction of sp³-hybridized carbons (Fsp3) is 0.533. The molecule has 2 unspecified atom stereocenters. The van der Waals surface area contributed by atoms with Crippen molar-refractivity contribution in [2.75, 3.05) is 17.7 Å². The minimum Gasteiger partial charge on any atom is -0.491 e. The average molecular weight is 294 g/mol. The maximum Gasteiger partial charge on any atom is 0.167 e. The summed E-state index contributed by atoms with van der Waals surface area (Å²) in [5, 5.41) is 4.13. The number of fused-ring (bicyclic) bond motifs is 1. The van der Waals surface area contributed by atoms with Crippen molar-refractivity contribution in [1.29, 1.82) is 0 Å². The molecular formula is C15H19FN2OS. The van der Waals surface area contributed by atoms with Crippen LogP contribution in [0.1, 0.15) is 26.2 Å². The van der Waals surface area contributed by atoms with Crippen molar-refractivity contribution in [3.8, 4) is 5.75 Å². The SMILES string of the molecule is CCOc1ccc(NC2=NC3CCCC3CS2)cc1F. The van der Waals surface area contributed by atoms with E-state index in [-0.39, 0.29) is 5.82 Å². The van der Waals surface area contributed by atoms with E-state index in [2.05, 4.69) is 5.32 Å². The van der Waals surface area contributed by atoms with E-state index in [4.69, 9.17) is 9.73 Å². The summed E-state index contributed by atoms with van der Waals surface area (Å²) in [5.74, 6) is 1.82. The summed E-state index contributed by atoms with van der Waals surface area (Å²) in [6, 6.07) is 5.42. The molecule has 1 aliphatic heterocycles. The molecule has 5 heteroatoms. The number of aliphatic imine (C=N–C) groups is 1. The number of hydrogen-bond acceptors (Lipinski definition) is 4. The van der Waals surface area contributed by atoms with Crippen LogP contribution < -0.4 is 10.1 Å². The van der Waals surface area contributed by atoms with Gasteiger partial charge in [-0.25, -0.2) is 4.39 Å². The predicted octanol–water partition coefficient (Wildman–Crippen LogP) is 3.91. The van der Waals surface area contributed by atoms with Gasteiger partial charge in [0.05, 0.1) is 12.6 Å². The number of amidine groups is 1. The monoisotopic (exact) mass is 294 g/mol. The molecule has 1 saturated carbocycles. The molecule has 3 rings (SSSR count). The first kappa shape index (κ1) is 13.7. The van der Waals surface area contributed by atoms with Crippen molar-refractivity contribution >= 4 is 22.6 Å². The van der Waals surface area contributed by atoms with Crippen LogP contribution in [0, 0.1) is 11.7 Å². The number of hydrogen-bond donors (Lipinski definition) is 1. The molecule has 0 aromatic heterocycles. The van der Waals surface area contributed by atoms with Crippen LogP contribution in [0.2, 0.25) is 0 Å². The minimum absolute atomic E-state index is 0.298. The standard InChI is InChI=1S/C15H19FN2OS/c1-2-19-14-7-6-11(8-12(14)16)17-15-18-13-5-3-4-10(13)9-20-15/h6-8,10,13H,2-5,9H2,1H3,(H,17,18). The maximum atomic E-state index is 13.8. The third-order valence-corrected chi connectivity index (χ3v) is 4.89. The van der Waals surface area contributed by atoms with Gasteiger partial charge >= 0.3 is 0 Å². The molecule has 1 aromatic rings. The summed E-state index contributed by atoms with van der Waals surface area (Å²) in [5.41, 5.74) is 0.730. The van der Waals surface area contributed by atoms with Crippen molar-refractivity contribution < 1.29 is 9.13 Å². The first-order chi connectivity index (χ1) is 9.76. The molecule has 1 fully saturated rings. The first-order valence-corrected chi connectivity index (χ1v) is 8.15. The molecule has 1 aliphatic carbocycles. The molecular weight excluding hydrogens is 275 g/mol. The van der Waals surface area contributed by atoms with Gasteiger partial charge in [-0.05, 0) is 37.8 Å². The molecule has 0 saturated heterocycles. The van der Waals surface area contributed by atoms with Crippen molar-refractivity contribution in [1.82, 2.24) is 0 Å². The lowest BCUT2D eigenvalue weighted by Gasteiger charge is -2.23. The highest BCUT2D eigenvalue weighted by atomic mass is 32.2. The molecule has 0 bridgehead atoms. The number of thioether (sulfide) groups is 1. The lowest BCUT2D eigenvalue weighted by Crippen LogP contribution is -2.25. The van der Waals surface area contributed by atoms with Crippen LogP contribution in [0.3, 0.4) is 0 Å². The van der Waals surface area contributed by atoms with Gasteiger partial charge in [0.25, 0.3) is 0 Å². The third-order valence-electron chi connectivity index (χ3n) is 3.82. The molecule has 0 radical (unpaired) electrons. The Bertz CT molecular complexity index is 521. The smallest absolute Gasteiger partial charge is 0.167 e. The van der Waals surface area contributed by atoms with Crippen LogP contribution in [-0.4, -0.2) is 23.6 Å². The van der Waals surface area contributed by atoms with Gasteiger partial charge in [0.1, 0.15) is 0 Å². The zero-order chi connectivity index (χ0) is 13.9. The Morgan fingerprint density at radius 1 is 1.45 bits per heavy atom. The number of anilines is 1. The van der Waals surface area contributed by atoms with E-state index in [0.717, 1.165) is 22.5 Å². The molecule has 0 spiro atoms. The lowest BCUT2D eigenvalue weighted by atomic mass is 10.1. The van der Waals surface area contributed by atoms with Crippen LogP contribution in [0.25, 0.3) is 0 Å². The van der Waals surface area contributed by atoms with E-state index in [1.165, 1.54) is 25.3 Å². The van der Waals surface area contributed by atoms with Gasteiger partial charge in [-0.3, -0.25) is 4.99 Å². The van der Waals surface area contributed by atoms with Crippen LogP contribution in [0.15, 0.2) is 23.2 Å². The summed E-state index contributed by atoms with van der Waals surface area (Å²) < 4.78 is 19.0. The summed E-state index contributed by atoms with van der Waals surface area (Å²) in [6.07, 6.45) is 3.77. The van der Waals surface area contributed by atoms with Crippen LogP contribution in [0.5, 0.6) is 5.75 Å². The lowest BCUT2D eigenvalue weighted by molar-refractivity contribution is 0.321. The van der Waals surface area contributed by atoms with Gasteiger partial charge in [0, 0.05) is 17.5 Å². The first-order valence-electron chi connectivity index (χ1n) is 7.16. The van der Waals surface area contributed by atoms with Crippen molar-refractivity contribution in [3.63, 3.8) is 0 Å². The Balaban J connectivity index is 1.70. The van der Waals surface area contributed by atoms with Crippen LogP contribution in [-0.2, 0) is 0 Å². The number of rotatable bonds is 3. The second-order valence-corrected chi connectivity index (χ2v) is 6.22. The molecule has 2 aliphatic rings. The van der Waals surface area contributed by atoms with Crippen molar-refractivity contribution in [2.45, 2.75) is 32.2 Å². The Morgan fingerprint density at radius 2 is 2.35 bits per heavy atom. The van der Waals surface area contributed by atoms with Gasteiger partial charge in [0.15, 0.2) is 16.7 Å². The quantitative estimate of drug-likeness (QED) is 0.917. The Labute approximate surface area is 123 Å². The van der Waals surface area contributed by atoms with E-state index in [9.17, 15) is 4.39 Å². The predicted molar refractivity (Wildman–Crippen MR) is 82.2 cm³/mol. The third kappa shape index (κ3) is 2.92. The van der Waals surface area contributed by atoms with E-state index >= 15 is 0 Å². The van der Waals surface area contributed by atoms with Gasteiger partial charge in [-0.2, -0.15) is 0 Å². The van der Waals surface area contributed by atoms with Gasteiger partial charge < -0.3 is 10.1 Å². The van der Waals surface area contributed by atoms with E-state index < -0.39 is 0 Å². The highest BCUT2D eigenvalue weighted by Gasteiger charge is 2.30. The number of ether oxygens (including phenoxy) is 1. The second kappa shape index (κ2) is 6.04. The molecule has 0 amide bonds. The fourth-order valence-corrected chi connectivity index (χ4v) is 3.96. The van der Waals surface area contributed by atoms with Crippen LogP contribution >= 0.6 is 11.8 Å². The molecule has 20 heavy (non-hydrogen) atoms. The Kier molecular flexibility index (Phi) is 4.15. The van der Waals surface area contributed by atoms with Crippen molar-refractivity contribution in [3.05, 3.63) is 24.0 Å². The summed E-state index contributed by atoms with van der Waals surface area (Å²) in [6.45, 7) is 2.31. The zero-order valence-corrected chi connectivity index (χ0v) is 12.4. The number of nitrogens with one attached hydrogen (secondary N) is 1. The number of halogens is 1. The zero-order valence-electron chi connectivity index (χ0n) is 11.6. The fourth-order valence-electron chi connectivity index (χ4n) is 2.80.